The third-order valence-electron chi connectivity index (χ3n) is 4.24. The third-order valence-corrected chi connectivity index (χ3v) is 4.24. The first-order chi connectivity index (χ1) is 11.0. The Hall–Kier alpha value is -2.27. The SMILES string of the molecule is O=C(O)[C@@H](NC1CCc2c(F)cc(F)cc2C1)c1ccccc1. The van der Waals surface area contributed by atoms with E-state index in [1.165, 1.54) is 6.07 Å². The second-order valence-electron chi connectivity index (χ2n) is 5.81. The first-order valence-electron chi connectivity index (χ1n) is 7.55. The maximum atomic E-state index is 13.8. The molecular formula is C18H17F2NO2. The van der Waals surface area contributed by atoms with Crippen LogP contribution < -0.4 is 5.32 Å². The molecule has 0 fully saturated rings. The summed E-state index contributed by atoms with van der Waals surface area (Å²) in [4.78, 5) is 11.5. The number of fused-ring (bicyclic) bond motifs is 1. The number of hydrogen-bond acceptors (Lipinski definition) is 2. The van der Waals surface area contributed by atoms with Crippen LogP contribution in [0.4, 0.5) is 8.78 Å². The lowest BCUT2D eigenvalue weighted by molar-refractivity contribution is -0.140. The van der Waals surface area contributed by atoms with E-state index in [2.05, 4.69) is 5.32 Å². The maximum absolute atomic E-state index is 13.8. The Bertz CT molecular complexity index is 718. The highest BCUT2D eigenvalue weighted by Gasteiger charge is 2.27. The van der Waals surface area contributed by atoms with Crippen molar-refractivity contribution in [3.63, 3.8) is 0 Å². The van der Waals surface area contributed by atoms with Gasteiger partial charge in [-0.25, -0.2) is 8.78 Å². The van der Waals surface area contributed by atoms with Crippen LogP contribution in [-0.2, 0) is 17.6 Å². The fraction of sp³-hybridized carbons (Fsp3) is 0.278. The van der Waals surface area contributed by atoms with Crippen molar-refractivity contribution >= 4 is 5.97 Å². The smallest absolute Gasteiger partial charge is 0.325 e. The van der Waals surface area contributed by atoms with E-state index in [4.69, 9.17) is 0 Å². The van der Waals surface area contributed by atoms with Gasteiger partial charge >= 0.3 is 5.97 Å². The number of carboxylic acid groups (broad SMARTS) is 1. The van der Waals surface area contributed by atoms with Crippen molar-refractivity contribution in [2.45, 2.75) is 31.3 Å². The van der Waals surface area contributed by atoms with Gasteiger partial charge in [0.25, 0.3) is 0 Å². The molecule has 5 heteroatoms. The normalized spacial score (nSPS) is 18.3. The first kappa shape index (κ1) is 15.6. The number of carbonyl (C=O) groups is 1. The largest absolute Gasteiger partial charge is 0.480 e. The zero-order valence-electron chi connectivity index (χ0n) is 12.4. The molecule has 0 bridgehead atoms. The molecule has 120 valence electrons. The fourth-order valence-electron chi connectivity index (χ4n) is 3.14. The molecule has 0 saturated carbocycles. The first-order valence-corrected chi connectivity index (χ1v) is 7.55. The van der Waals surface area contributed by atoms with Crippen molar-refractivity contribution in [2.75, 3.05) is 0 Å². The molecule has 0 aliphatic heterocycles. The molecule has 0 spiro atoms. The van der Waals surface area contributed by atoms with Crippen LogP contribution in [0.15, 0.2) is 42.5 Å². The molecule has 0 saturated heterocycles. The summed E-state index contributed by atoms with van der Waals surface area (Å²) >= 11 is 0. The summed E-state index contributed by atoms with van der Waals surface area (Å²) in [6.45, 7) is 0. The quantitative estimate of drug-likeness (QED) is 0.910. The van der Waals surface area contributed by atoms with E-state index in [9.17, 15) is 18.7 Å². The number of halogens is 2. The van der Waals surface area contributed by atoms with Crippen molar-refractivity contribution in [1.82, 2.24) is 5.32 Å². The Kier molecular flexibility index (Phi) is 4.39. The summed E-state index contributed by atoms with van der Waals surface area (Å²) in [7, 11) is 0. The van der Waals surface area contributed by atoms with Crippen LogP contribution in [0.5, 0.6) is 0 Å². The number of aliphatic carboxylic acids is 1. The Morgan fingerprint density at radius 2 is 1.96 bits per heavy atom. The Morgan fingerprint density at radius 3 is 2.65 bits per heavy atom. The molecule has 3 rings (SSSR count). The average Bonchev–Trinajstić information content (AvgIpc) is 2.52. The standard InChI is InChI=1S/C18H17F2NO2/c19-13-8-12-9-14(6-7-15(12)16(20)10-13)21-17(18(22)23)11-4-2-1-3-5-11/h1-5,8,10,14,17,21H,6-7,9H2,(H,22,23)/t14?,17-/m0/s1. The van der Waals surface area contributed by atoms with E-state index >= 15 is 0 Å². The Morgan fingerprint density at radius 1 is 1.22 bits per heavy atom. The second-order valence-corrected chi connectivity index (χ2v) is 5.81. The molecular weight excluding hydrogens is 300 g/mol. The number of nitrogens with one attached hydrogen (secondary N) is 1. The lowest BCUT2D eigenvalue weighted by Crippen LogP contribution is -2.40. The van der Waals surface area contributed by atoms with Gasteiger partial charge in [0.05, 0.1) is 0 Å². The lowest BCUT2D eigenvalue weighted by atomic mass is 9.87. The van der Waals surface area contributed by atoms with Gasteiger partial charge in [0.15, 0.2) is 0 Å². The van der Waals surface area contributed by atoms with E-state index in [0.29, 0.717) is 36.0 Å². The molecule has 23 heavy (non-hydrogen) atoms. The molecule has 2 aromatic rings. The van der Waals surface area contributed by atoms with E-state index in [1.807, 2.05) is 6.07 Å². The van der Waals surface area contributed by atoms with Crippen molar-refractivity contribution in [3.8, 4) is 0 Å². The molecule has 2 N–H and O–H groups in total. The van der Waals surface area contributed by atoms with Crippen LogP contribution in [0.25, 0.3) is 0 Å². The minimum absolute atomic E-state index is 0.134. The predicted octanol–water partition coefficient (Wildman–Crippen LogP) is 3.24. The molecule has 0 radical (unpaired) electrons. The van der Waals surface area contributed by atoms with E-state index in [0.717, 1.165) is 6.07 Å². The van der Waals surface area contributed by atoms with E-state index < -0.39 is 23.6 Å². The molecule has 0 heterocycles. The van der Waals surface area contributed by atoms with Crippen LogP contribution in [0.1, 0.15) is 29.2 Å². The van der Waals surface area contributed by atoms with Crippen LogP contribution in [0.2, 0.25) is 0 Å². The second kappa shape index (κ2) is 6.46. The summed E-state index contributed by atoms with van der Waals surface area (Å²) in [5.74, 6) is -2.08. The molecule has 3 nitrogen and oxygen atoms in total. The fourth-order valence-corrected chi connectivity index (χ4v) is 3.14. The van der Waals surface area contributed by atoms with Gasteiger partial charge in [0, 0.05) is 12.1 Å². The Balaban J connectivity index is 1.79. The maximum Gasteiger partial charge on any atom is 0.325 e. The number of hydrogen-bond donors (Lipinski definition) is 2. The molecule has 2 atom stereocenters. The van der Waals surface area contributed by atoms with Gasteiger partial charge in [-0.3, -0.25) is 10.1 Å². The summed E-state index contributed by atoms with van der Waals surface area (Å²) in [6.07, 6.45) is 1.51. The van der Waals surface area contributed by atoms with Crippen molar-refractivity contribution in [1.29, 1.82) is 0 Å². The lowest BCUT2D eigenvalue weighted by Gasteiger charge is -2.28. The third kappa shape index (κ3) is 3.40. The zero-order chi connectivity index (χ0) is 16.4. The van der Waals surface area contributed by atoms with E-state index in [1.54, 1.807) is 24.3 Å². The number of rotatable bonds is 4. The molecule has 2 aromatic carbocycles. The van der Waals surface area contributed by atoms with Crippen LogP contribution in [0.3, 0.4) is 0 Å². The minimum atomic E-state index is -0.965. The van der Waals surface area contributed by atoms with Gasteiger partial charge in [-0.15, -0.1) is 0 Å². The number of carboxylic acids is 1. The van der Waals surface area contributed by atoms with Gasteiger partial charge < -0.3 is 5.11 Å². The predicted molar refractivity (Wildman–Crippen MR) is 82.1 cm³/mol. The van der Waals surface area contributed by atoms with Crippen LogP contribution in [0, 0.1) is 11.6 Å². The van der Waals surface area contributed by atoms with Crippen LogP contribution >= 0.6 is 0 Å². The minimum Gasteiger partial charge on any atom is -0.480 e. The number of benzene rings is 2. The highest BCUT2D eigenvalue weighted by atomic mass is 19.1. The summed E-state index contributed by atoms with van der Waals surface area (Å²) in [6, 6.07) is 10.2. The van der Waals surface area contributed by atoms with Crippen LogP contribution in [-0.4, -0.2) is 17.1 Å². The van der Waals surface area contributed by atoms with Crippen molar-refractivity contribution in [3.05, 3.63) is 70.8 Å². The zero-order valence-corrected chi connectivity index (χ0v) is 12.4. The summed E-state index contributed by atoms with van der Waals surface area (Å²) in [5, 5.41) is 12.6. The van der Waals surface area contributed by atoms with Gasteiger partial charge in [-0.05, 0) is 42.0 Å². The van der Waals surface area contributed by atoms with Crippen molar-refractivity contribution in [2.24, 2.45) is 0 Å². The summed E-state index contributed by atoms with van der Waals surface area (Å²) in [5.41, 5.74) is 1.82. The Labute approximate surface area is 133 Å². The molecule has 0 amide bonds. The van der Waals surface area contributed by atoms with Gasteiger partial charge in [-0.1, -0.05) is 30.3 Å². The average molecular weight is 317 g/mol. The molecule has 1 aliphatic rings. The molecule has 0 aromatic heterocycles. The molecule has 1 aliphatic carbocycles. The topological polar surface area (TPSA) is 49.3 Å². The molecule has 1 unspecified atom stereocenters. The monoisotopic (exact) mass is 317 g/mol. The van der Waals surface area contributed by atoms with Gasteiger partial charge in [0.1, 0.15) is 17.7 Å². The van der Waals surface area contributed by atoms with Gasteiger partial charge in [0.2, 0.25) is 0 Å². The highest BCUT2D eigenvalue weighted by molar-refractivity contribution is 5.75. The van der Waals surface area contributed by atoms with E-state index in [-0.39, 0.29) is 6.04 Å². The summed E-state index contributed by atoms with van der Waals surface area (Å²) < 4.78 is 27.1. The highest BCUT2D eigenvalue weighted by Crippen LogP contribution is 2.26. The van der Waals surface area contributed by atoms with Gasteiger partial charge in [-0.2, -0.15) is 0 Å². The van der Waals surface area contributed by atoms with Crippen molar-refractivity contribution < 1.29 is 18.7 Å².